The summed E-state index contributed by atoms with van der Waals surface area (Å²) in [6, 6.07) is 1.51. The van der Waals surface area contributed by atoms with Crippen LogP contribution in [0.25, 0.3) is 0 Å². The van der Waals surface area contributed by atoms with Gasteiger partial charge in [-0.2, -0.15) is 0 Å². The van der Waals surface area contributed by atoms with Crippen molar-refractivity contribution in [3.8, 4) is 5.75 Å². The molecule has 4 atom stereocenters. The third-order valence-electron chi connectivity index (χ3n) is 5.95. The van der Waals surface area contributed by atoms with Gasteiger partial charge in [-0.1, -0.05) is 26.0 Å². The van der Waals surface area contributed by atoms with E-state index in [9.17, 15) is 34.2 Å². The summed E-state index contributed by atoms with van der Waals surface area (Å²) in [4.78, 5) is 61.9. The van der Waals surface area contributed by atoms with Gasteiger partial charge in [0.1, 0.15) is 23.9 Å². The Hall–Kier alpha value is -3.71. The predicted octanol–water partition coefficient (Wildman–Crippen LogP) is -0.758. The molecule has 0 aliphatic rings. The van der Waals surface area contributed by atoms with Crippen molar-refractivity contribution in [1.82, 2.24) is 16.0 Å². The first-order valence-electron chi connectivity index (χ1n) is 13.0. The molecule has 0 saturated carbocycles. The molecule has 1 aromatic rings. The number of nitrogens with one attached hydrogen (secondary N) is 3. The zero-order valence-corrected chi connectivity index (χ0v) is 22.5. The molecule has 13 heteroatoms. The van der Waals surface area contributed by atoms with Gasteiger partial charge in [0.05, 0.1) is 6.04 Å². The van der Waals surface area contributed by atoms with Gasteiger partial charge < -0.3 is 43.4 Å². The summed E-state index contributed by atoms with van der Waals surface area (Å²) in [6.07, 6.45) is 1.36. The zero-order chi connectivity index (χ0) is 29.5. The molecule has 39 heavy (non-hydrogen) atoms. The Morgan fingerprint density at radius 1 is 0.846 bits per heavy atom. The quantitative estimate of drug-likeness (QED) is 0.107. The number of amides is 4. The van der Waals surface area contributed by atoms with Gasteiger partial charge in [-0.25, -0.2) is 4.79 Å². The van der Waals surface area contributed by atoms with E-state index in [1.54, 1.807) is 12.1 Å². The number of carbonyl (C=O) groups excluding carboxylic acids is 4. The molecule has 218 valence electrons. The predicted molar refractivity (Wildman–Crippen MR) is 144 cm³/mol. The lowest BCUT2D eigenvalue weighted by molar-refractivity contribution is -0.142. The Bertz CT molecular complexity index is 970. The summed E-state index contributed by atoms with van der Waals surface area (Å²) in [7, 11) is 0. The molecular formula is C26H42N6O7. The Morgan fingerprint density at radius 2 is 1.41 bits per heavy atom. The molecular weight excluding hydrogens is 508 g/mol. The minimum absolute atomic E-state index is 0.00377. The highest BCUT2D eigenvalue weighted by Crippen LogP contribution is 2.13. The van der Waals surface area contributed by atoms with Crippen LogP contribution in [0, 0.1) is 5.92 Å². The molecule has 0 aromatic heterocycles. The number of phenols is 1. The average molecular weight is 551 g/mol. The number of primary amides is 1. The minimum atomic E-state index is -1.22. The summed E-state index contributed by atoms with van der Waals surface area (Å²) < 4.78 is 0. The van der Waals surface area contributed by atoms with Crippen molar-refractivity contribution in [2.75, 3.05) is 6.54 Å². The van der Waals surface area contributed by atoms with Gasteiger partial charge in [0.25, 0.3) is 0 Å². The van der Waals surface area contributed by atoms with E-state index < -0.39 is 53.8 Å². The van der Waals surface area contributed by atoms with Gasteiger partial charge in [0, 0.05) is 12.8 Å². The number of hydrogen-bond acceptors (Lipinski definition) is 8. The van der Waals surface area contributed by atoms with Crippen molar-refractivity contribution < 1.29 is 34.2 Å². The number of aliphatic carboxylic acids is 1. The molecule has 0 radical (unpaired) electrons. The summed E-state index contributed by atoms with van der Waals surface area (Å²) in [5.41, 5.74) is 17.0. The molecule has 0 aliphatic heterocycles. The Kier molecular flexibility index (Phi) is 14.5. The minimum Gasteiger partial charge on any atom is -0.508 e. The van der Waals surface area contributed by atoms with Crippen LogP contribution in [-0.4, -0.2) is 70.5 Å². The highest BCUT2D eigenvalue weighted by molar-refractivity contribution is 5.94. The van der Waals surface area contributed by atoms with Gasteiger partial charge in [-0.3, -0.25) is 19.2 Å². The molecule has 1 aromatic carbocycles. The lowest BCUT2D eigenvalue weighted by Crippen LogP contribution is -2.57. The van der Waals surface area contributed by atoms with Crippen molar-refractivity contribution >= 4 is 29.6 Å². The van der Waals surface area contributed by atoms with Crippen LogP contribution in [0.3, 0.4) is 0 Å². The van der Waals surface area contributed by atoms with E-state index in [1.807, 2.05) is 13.8 Å². The van der Waals surface area contributed by atoms with Crippen LogP contribution in [0.15, 0.2) is 24.3 Å². The third-order valence-corrected chi connectivity index (χ3v) is 5.95. The topological polar surface area (TPSA) is 240 Å². The van der Waals surface area contributed by atoms with Crippen LogP contribution in [0.1, 0.15) is 57.9 Å². The zero-order valence-electron chi connectivity index (χ0n) is 22.5. The molecule has 4 unspecified atom stereocenters. The summed E-state index contributed by atoms with van der Waals surface area (Å²) in [5.74, 6) is -3.86. The van der Waals surface area contributed by atoms with E-state index >= 15 is 0 Å². The fourth-order valence-electron chi connectivity index (χ4n) is 3.78. The molecule has 0 heterocycles. The van der Waals surface area contributed by atoms with Crippen LogP contribution in [0.4, 0.5) is 0 Å². The van der Waals surface area contributed by atoms with E-state index in [1.165, 1.54) is 12.1 Å². The number of phenolic OH excluding ortho intramolecular Hbond substituents is 1. The summed E-state index contributed by atoms with van der Waals surface area (Å²) >= 11 is 0. The fraction of sp³-hybridized carbons (Fsp3) is 0.577. The average Bonchev–Trinajstić information content (AvgIpc) is 2.86. The molecule has 0 spiro atoms. The summed E-state index contributed by atoms with van der Waals surface area (Å²) in [6.45, 7) is 4.08. The first kappa shape index (κ1) is 33.3. The molecule has 0 fully saturated rings. The second-order valence-corrected chi connectivity index (χ2v) is 9.92. The molecule has 4 amide bonds. The van der Waals surface area contributed by atoms with Crippen molar-refractivity contribution in [1.29, 1.82) is 0 Å². The van der Waals surface area contributed by atoms with Gasteiger partial charge in [0.2, 0.25) is 23.6 Å². The van der Waals surface area contributed by atoms with Gasteiger partial charge >= 0.3 is 5.97 Å². The molecule has 11 N–H and O–H groups in total. The van der Waals surface area contributed by atoms with Gasteiger partial charge in [0.15, 0.2) is 0 Å². The number of hydrogen-bond donors (Lipinski definition) is 8. The van der Waals surface area contributed by atoms with Gasteiger partial charge in [-0.05, 0) is 62.3 Å². The fourth-order valence-corrected chi connectivity index (χ4v) is 3.78. The van der Waals surface area contributed by atoms with Crippen molar-refractivity contribution in [3.05, 3.63) is 29.8 Å². The van der Waals surface area contributed by atoms with E-state index in [0.717, 1.165) is 0 Å². The lowest BCUT2D eigenvalue weighted by atomic mass is 10.00. The van der Waals surface area contributed by atoms with Crippen molar-refractivity contribution in [2.24, 2.45) is 23.1 Å². The van der Waals surface area contributed by atoms with Crippen molar-refractivity contribution in [3.63, 3.8) is 0 Å². The molecule has 0 aliphatic carbocycles. The SMILES string of the molecule is CC(C)CC(NC(=O)C(N)CCC(N)=O)C(=O)NC(Cc1ccc(O)cc1)C(=O)NC(CCCCN)C(=O)O. The monoisotopic (exact) mass is 550 g/mol. The van der Waals surface area contributed by atoms with E-state index in [0.29, 0.717) is 24.9 Å². The maximum Gasteiger partial charge on any atom is 0.326 e. The standard InChI is InChI=1S/C26H42N6O7/c1-15(2)13-20(31-23(35)18(28)10-11-22(29)34)24(36)32-21(14-16-6-8-17(33)9-7-16)25(37)30-19(26(38)39)5-3-4-12-27/h6-9,15,18-21,33H,3-5,10-14,27-28H2,1-2H3,(H2,29,34)(H,30,37)(H,31,35)(H,32,36)(H,38,39). The number of carboxylic acids is 1. The first-order chi connectivity index (χ1) is 18.3. The Balaban J connectivity index is 3.12. The van der Waals surface area contributed by atoms with Crippen LogP contribution in [0.5, 0.6) is 5.75 Å². The maximum absolute atomic E-state index is 13.3. The number of benzene rings is 1. The number of carbonyl (C=O) groups is 5. The lowest BCUT2D eigenvalue weighted by Gasteiger charge is -2.26. The highest BCUT2D eigenvalue weighted by atomic mass is 16.4. The third kappa shape index (κ3) is 13.1. The second kappa shape index (κ2) is 17.0. The number of rotatable bonds is 18. The Morgan fingerprint density at radius 3 is 1.95 bits per heavy atom. The van der Waals surface area contributed by atoms with Crippen LogP contribution in [-0.2, 0) is 30.4 Å². The highest BCUT2D eigenvalue weighted by Gasteiger charge is 2.31. The molecule has 1 rings (SSSR count). The molecule has 0 saturated heterocycles. The number of aromatic hydroxyl groups is 1. The smallest absolute Gasteiger partial charge is 0.326 e. The second-order valence-electron chi connectivity index (χ2n) is 9.92. The largest absolute Gasteiger partial charge is 0.508 e. The van der Waals surface area contributed by atoms with Crippen molar-refractivity contribution in [2.45, 2.75) is 83.0 Å². The first-order valence-corrected chi connectivity index (χ1v) is 13.0. The molecule has 0 bridgehead atoms. The number of unbranched alkanes of at least 4 members (excludes halogenated alkanes) is 1. The van der Waals surface area contributed by atoms with Crippen LogP contribution < -0.4 is 33.2 Å². The molecule has 13 nitrogen and oxygen atoms in total. The Labute approximate surface area is 228 Å². The van der Waals surface area contributed by atoms with E-state index in [4.69, 9.17) is 17.2 Å². The summed E-state index contributed by atoms with van der Waals surface area (Å²) in [5, 5.41) is 26.9. The maximum atomic E-state index is 13.3. The van der Waals surface area contributed by atoms with E-state index in [2.05, 4.69) is 16.0 Å². The van der Waals surface area contributed by atoms with Gasteiger partial charge in [-0.15, -0.1) is 0 Å². The normalized spacial score (nSPS) is 14.1. The number of carboxylic acid groups (broad SMARTS) is 1. The van der Waals surface area contributed by atoms with E-state index in [-0.39, 0.29) is 43.8 Å². The number of nitrogens with two attached hydrogens (primary N) is 3. The van der Waals surface area contributed by atoms with Crippen LogP contribution >= 0.6 is 0 Å². The van der Waals surface area contributed by atoms with Crippen LogP contribution in [0.2, 0.25) is 0 Å².